The van der Waals surface area contributed by atoms with Gasteiger partial charge in [-0.25, -0.2) is 9.48 Å². The second kappa shape index (κ2) is 6.97. The van der Waals surface area contributed by atoms with Crippen molar-refractivity contribution >= 4 is 17.1 Å². The summed E-state index contributed by atoms with van der Waals surface area (Å²) in [4.78, 5) is 22.6. The number of piperidine rings is 1. The molecule has 9 heteroatoms. The summed E-state index contributed by atoms with van der Waals surface area (Å²) in [5, 5.41) is 5.21. The van der Waals surface area contributed by atoms with Gasteiger partial charge >= 0.3 is 12.1 Å². The summed E-state index contributed by atoms with van der Waals surface area (Å²) < 4.78 is 17.8. The van der Waals surface area contributed by atoms with E-state index in [1.807, 2.05) is 25.5 Å². The average molecular weight is 363 g/mol. The Morgan fingerprint density at radius 1 is 1.15 bits per heavy atom. The number of ether oxygens (including phenoxy) is 3. The second-order valence-corrected chi connectivity index (χ2v) is 7.24. The Hall–Kier alpha value is -2.58. The maximum absolute atomic E-state index is 12.2. The van der Waals surface area contributed by atoms with Crippen molar-refractivity contribution in [1.82, 2.24) is 24.6 Å². The molecule has 0 spiro atoms. The number of likely N-dealkylation sites (tertiary alicyclic amines) is 1. The minimum Gasteiger partial charge on any atom is -0.480 e. The molecule has 1 saturated heterocycles. The number of rotatable bonds is 3. The molecule has 9 nitrogen and oxygen atoms in total. The Kier molecular flexibility index (Phi) is 4.88. The van der Waals surface area contributed by atoms with Crippen LogP contribution >= 0.6 is 0 Å². The molecule has 0 aliphatic carbocycles. The molecule has 2 aromatic rings. The lowest BCUT2D eigenvalue weighted by Gasteiger charge is -2.33. The highest BCUT2D eigenvalue weighted by Gasteiger charge is 2.29. The monoisotopic (exact) mass is 363 g/mol. The number of carbonyl (C=O) groups is 1. The Labute approximate surface area is 152 Å². The molecule has 0 N–H and O–H groups in total. The number of hydrogen-bond acceptors (Lipinski definition) is 7. The van der Waals surface area contributed by atoms with Crippen LogP contribution in [0.2, 0.25) is 0 Å². The van der Waals surface area contributed by atoms with Crippen LogP contribution in [0.5, 0.6) is 11.9 Å². The van der Waals surface area contributed by atoms with Crippen molar-refractivity contribution in [3.63, 3.8) is 0 Å². The molecule has 0 radical (unpaired) electrons. The first kappa shape index (κ1) is 18.2. The van der Waals surface area contributed by atoms with E-state index in [-0.39, 0.29) is 18.1 Å². The fraction of sp³-hybridized carbons (Fsp3) is 0.647. The van der Waals surface area contributed by atoms with Crippen molar-refractivity contribution in [1.29, 1.82) is 0 Å². The highest BCUT2D eigenvalue weighted by Crippen LogP contribution is 2.30. The largest absolute Gasteiger partial charge is 0.480 e. The molecule has 1 fully saturated rings. The summed E-state index contributed by atoms with van der Waals surface area (Å²) in [7, 11) is 3.07. The normalized spacial score (nSPS) is 16.0. The van der Waals surface area contributed by atoms with Gasteiger partial charge in [-0.2, -0.15) is 15.1 Å². The Morgan fingerprint density at radius 2 is 1.85 bits per heavy atom. The molecule has 26 heavy (non-hydrogen) atoms. The van der Waals surface area contributed by atoms with E-state index in [0.717, 1.165) is 18.2 Å². The lowest BCUT2D eigenvalue weighted by atomic mass is 10.1. The topological polar surface area (TPSA) is 91.6 Å². The van der Waals surface area contributed by atoms with E-state index in [0.29, 0.717) is 24.6 Å². The summed E-state index contributed by atoms with van der Waals surface area (Å²) in [6, 6.07) is 0.373. The van der Waals surface area contributed by atoms with E-state index >= 15 is 0 Å². The van der Waals surface area contributed by atoms with Crippen LogP contribution in [0.4, 0.5) is 4.79 Å². The van der Waals surface area contributed by atoms with E-state index in [2.05, 4.69) is 15.1 Å². The van der Waals surface area contributed by atoms with Crippen LogP contribution in [0.15, 0.2) is 6.20 Å². The second-order valence-electron chi connectivity index (χ2n) is 7.24. The van der Waals surface area contributed by atoms with Crippen molar-refractivity contribution < 1.29 is 19.0 Å². The smallest absolute Gasteiger partial charge is 0.410 e. The van der Waals surface area contributed by atoms with Crippen LogP contribution < -0.4 is 9.47 Å². The van der Waals surface area contributed by atoms with Gasteiger partial charge in [0, 0.05) is 13.1 Å². The molecule has 1 aliphatic rings. The van der Waals surface area contributed by atoms with Gasteiger partial charge in [-0.05, 0) is 33.6 Å². The molecule has 142 valence electrons. The summed E-state index contributed by atoms with van der Waals surface area (Å²) >= 11 is 0. The number of aromatic nitrogens is 4. The number of nitrogens with zero attached hydrogens (tertiary/aromatic N) is 5. The number of methoxy groups -OCH3 is 2. The maximum Gasteiger partial charge on any atom is 0.410 e. The van der Waals surface area contributed by atoms with Crippen LogP contribution in [0.1, 0.15) is 39.7 Å². The van der Waals surface area contributed by atoms with Crippen molar-refractivity contribution in [3.05, 3.63) is 6.20 Å². The van der Waals surface area contributed by atoms with Crippen molar-refractivity contribution in [2.75, 3.05) is 27.3 Å². The molecule has 1 aliphatic heterocycles. The number of carbonyl (C=O) groups excluding carboxylic acids is 1. The van der Waals surface area contributed by atoms with Gasteiger partial charge in [-0.3, -0.25) is 0 Å². The molecule has 3 rings (SSSR count). The highest BCUT2D eigenvalue weighted by atomic mass is 16.6. The third kappa shape index (κ3) is 3.66. The van der Waals surface area contributed by atoms with Gasteiger partial charge in [0.05, 0.1) is 26.5 Å². The number of amides is 1. The maximum atomic E-state index is 12.2. The van der Waals surface area contributed by atoms with Crippen LogP contribution in [-0.4, -0.2) is 63.7 Å². The zero-order valence-corrected chi connectivity index (χ0v) is 15.9. The fourth-order valence-corrected chi connectivity index (χ4v) is 3.01. The highest BCUT2D eigenvalue weighted by molar-refractivity contribution is 5.80. The summed E-state index contributed by atoms with van der Waals surface area (Å²) in [5.41, 5.74) is 0.181. The lowest BCUT2D eigenvalue weighted by molar-refractivity contribution is 0.0186. The third-order valence-electron chi connectivity index (χ3n) is 4.24. The first-order valence-corrected chi connectivity index (χ1v) is 8.63. The lowest BCUT2D eigenvalue weighted by Crippen LogP contribution is -2.42. The summed E-state index contributed by atoms with van der Waals surface area (Å²) in [6.45, 7) is 6.83. The molecule has 1 amide bonds. The number of hydrogen-bond donors (Lipinski definition) is 0. The molecular weight excluding hydrogens is 338 g/mol. The first-order valence-electron chi connectivity index (χ1n) is 8.63. The Morgan fingerprint density at radius 3 is 2.42 bits per heavy atom. The van der Waals surface area contributed by atoms with E-state index in [9.17, 15) is 4.79 Å². The van der Waals surface area contributed by atoms with E-state index in [4.69, 9.17) is 14.2 Å². The third-order valence-corrected chi connectivity index (χ3v) is 4.24. The van der Waals surface area contributed by atoms with E-state index in [1.54, 1.807) is 18.2 Å². The van der Waals surface area contributed by atoms with Crippen LogP contribution in [0.25, 0.3) is 11.0 Å². The number of fused-ring (bicyclic) bond motifs is 1. The average Bonchev–Trinajstić information content (AvgIpc) is 3.03. The molecule has 3 heterocycles. The molecule has 0 saturated carbocycles. The van der Waals surface area contributed by atoms with Gasteiger partial charge < -0.3 is 19.1 Å². The van der Waals surface area contributed by atoms with Gasteiger partial charge in [-0.1, -0.05) is 0 Å². The van der Waals surface area contributed by atoms with Crippen molar-refractivity contribution in [2.24, 2.45) is 0 Å². The quantitative estimate of drug-likeness (QED) is 0.827. The van der Waals surface area contributed by atoms with Gasteiger partial charge in [0.25, 0.3) is 0 Å². The van der Waals surface area contributed by atoms with Gasteiger partial charge in [0.2, 0.25) is 5.88 Å². The molecule has 0 atom stereocenters. The van der Waals surface area contributed by atoms with Gasteiger partial charge in [0.15, 0.2) is 5.65 Å². The van der Waals surface area contributed by atoms with Crippen LogP contribution in [-0.2, 0) is 4.74 Å². The van der Waals surface area contributed by atoms with Crippen LogP contribution in [0.3, 0.4) is 0 Å². The zero-order chi connectivity index (χ0) is 18.9. The van der Waals surface area contributed by atoms with Crippen molar-refractivity contribution in [2.45, 2.75) is 45.3 Å². The SMILES string of the molecule is COc1nc(OC)c2cnn(C3CCN(C(=O)OC(C)(C)C)CC3)c2n1. The Bertz CT molecular complexity index is 790. The predicted molar refractivity (Wildman–Crippen MR) is 94.5 cm³/mol. The predicted octanol–water partition coefficient (Wildman–Crippen LogP) is 2.42. The molecule has 2 aromatic heterocycles. The Balaban J connectivity index is 1.77. The van der Waals surface area contributed by atoms with E-state index < -0.39 is 5.60 Å². The van der Waals surface area contributed by atoms with Crippen LogP contribution in [0, 0.1) is 0 Å². The minimum atomic E-state index is -0.490. The standard InChI is InChI=1S/C17H25N5O4/c1-17(2,3)26-16(23)21-8-6-11(7-9-21)22-13-12(10-18-22)14(24-4)20-15(19-13)25-5/h10-11H,6-9H2,1-5H3. The minimum absolute atomic E-state index is 0.135. The van der Waals surface area contributed by atoms with Crippen molar-refractivity contribution in [3.8, 4) is 11.9 Å². The molecular formula is C17H25N5O4. The molecule has 0 unspecified atom stereocenters. The molecule has 0 aromatic carbocycles. The zero-order valence-electron chi connectivity index (χ0n) is 15.9. The fourth-order valence-electron chi connectivity index (χ4n) is 3.01. The summed E-state index contributed by atoms with van der Waals surface area (Å²) in [5.74, 6) is 0.435. The van der Waals surface area contributed by atoms with Gasteiger partial charge in [-0.15, -0.1) is 0 Å². The van der Waals surface area contributed by atoms with E-state index in [1.165, 1.54) is 7.11 Å². The first-order chi connectivity index (χ1) is 12.3. The summed E-state index contributed by atoms with van der Waals surface area (Å²) in [6.07, 6.45) is 2.97. The molecule has 0 bridgehead atoms. The van der Waals surface area contributed by atoms with Gasteiger partial charge in [0.1, 0.15) is 11.0 Å².